The van der Waals surface area contributed by atoms with Crippen molar-refractivity contribution in [3.05, 3.63) is 43.1 Å². The van der Waals surface area contributed by atoms with Crippen LogP contribution in [0.15, 0.2) is 43.1 Å². The molecule has 0 spiro atoms. The van der Waals surface area contributed by atoms with Gasteiger partial charge in [0.25, 0.3) is 0 Å². The Labute approximate surface area is 369 Å². The van der Waals surface area contributed by atoms with Crippen LogP contribution in [-0.2, 0) is 39.8 Å². The van der Waals surface area contributed by atoms with Gasteiger partial charge in [0.1, 0.15) is 23.8 Å². The Morgan fingerprint density at radius 1 is 1.13 bits per heavy atom. The SMILES string of the molecule is C=CC[C@@]1(OC)C[C@@H](C)CN[C@H](C)[C@H]2N(CCCCn3cc(-c4cccc(N)c4)nn3)C(=O)O[C@]2(C)[C@@H](CC)OC(=O)C(C)C(=O)[C@@H](C)[C@H]1O[C@H](OCC)C(O)C(CC)N(C)C. The molecule has 0 bridgehead atoms. The lowest BCUT2D eigenvalue weighted by molar-refractivity contribution is -0.268. The largest absolute Gasteiger partial charge is 0.458 e. The first-order valence-electron chi connectivity index (χ1n) is 22.4. The summed E-state index contributed by atoms with van der Waals surface area (Å²) in [5.41, 5.74) is 5.84. The number of cyclic esters (lactones) is 1. The number of aliphatic hydroxyl groups is 1. The van der Waals surface area contributed by atoms with Crippen LogP contribution in [0.4, 0.5) is 10.5 Å². The fourth-order valence-corrected chi connectivity index (χ4v) is 9.61. The van der Waals surface area contributed by atoms with Gasteiger partial charge in [-0.15, -0.1) is 11.7 Å². The number of carbonyl (C=O) groups excluding carboxylic acids is 3. The number of amides is 1. The maximum Gasteiger partial charge on any atom is 0.410 e. The summed E-state index contributed by atoms with van der Waals surface area (Å²) in [5, 5.41) is 24.0. The number of nitrogens with one attached hydrogen (secondary N) is 1. The third-order valence-electron chi connectivity index (χ3n) is 12.9. The van der Waals surface area contributed by atoms with Gasteiger partial charge in [0, 0.05) is 56.1 Å². The molecular weight excluding hydrogens is 795 g/mol. The molecule has 2 aliphatic rings. The first-order valence-corrected chi connectivity index (χ1v) is 22.4. The number of ketones is 1. The van der Waals surface area contributed by atoms with Crippen LogP contribution in [0.3, 0.4) is 0 Å². The smallest absolute Gasteiger partial charge is 0.410 e. The molecule has 1 aromatic heterocycles. The van der Waals surface area contributed by atoms with Crippen LogP contribution >= 0.6 is 0 Å². The Morgan fingerprint density at radius 3 is 2.45 bits per heavy atom. The molecule has 16 heteroatoms. The lowest BCUT2D eigenvalue weighted by atomic mass is 9.75. The Kier molecular flexibility index (Phi) is 18.5. The number of unbranched alkanes of at least 4 members (excludes halogenated alkanes) is 1. The average molecular weight is 870 g/mol. The van der Waals surface area contributed by atoms with Crippen molar-refractivity contribution < 1.29 is 43.2 Å². The molecule has 4 rings (SSSR count). The number of carbonyl (C=O) groups is 3. The normalized spacial score (nSPS) is 30.5. The molecule has 2 aromatic rings. The highest BCUT2D eigenvalue weighted by Crippen LogP contribution is 2.41. The molecule has 16 nitrogen and oxygen atoms in total. The molecule has 2 saturated heterocycles. The number of fused-ring (bicyclic) bond motifs is 1. The highest BCUT2D eigenvalue weighted by atomic mass is 16.7. The fraction of sp³-hybridized carbons (Fsp3) is 0.717. The number of aromatic nitrogens is 3. The summed E-state index contributed by atoms with van der Waals surface area (Å²) in [6.07, 6.45) is 2.11. The van der Waals surface area contributed by atoms with Crippen LogP contribution in [0, 0.1) is 17.8 Å². The molecule has 0 radical (unpaired) electrons. The van der Waals surface area contributed by atoms with Crippen molar-refractivity contribution in [3.63, 3.8) is 0 Å². The van der Waals surface area contributed by atoms with Gasteiger partial charge in [0.05, 0.1) is 23.9 Å². The standard InChI is InChI=1S/C46H75N7O9/c1-13-22-46(58-12)26-29(5)27-48-32(8)40-45(9,62-44(57)53(40)24-18-17-23-52-28-35(49-50-52)33-20-19-21-34(47)25-33)37(15-3)60-42(56)31(7)38(54)30(6)41(46)61-43(59-16-4)39(55)36(14-2)51(10)11/h13,19-21,25,28-32,36-37,39-41,43,48,55H,1,14-18,22-24,26-27,47H2,2-12H3/t29-,30-,31?,32-,36?,37-,39?,40-,41-,43+,45-,46-/m1/s1. The molecule has 0 aliphatic carbocycles. The quantitative estimate of drug-likeness (QED) is 0.0426. The summed E-state index contributed by atoms with van der Waals surface area (Å²) >= 11 is 0. The third-order valence-corrected chi connectivity index (χ3v) is 12.9. The van der Waals surface area contributed by atoms with E-state index in [0.717, 1.165) is 11.3 Å². The Balaban J connectivity index is 1.66. The predicted octanol–water partition coefficient (Wildman–Crippen LogP) is 5.48. The number of likely N-dealkylation sites (N-methyl/N-ethyl adjacent to an activating group) is 1. The first-order chi connectivity index (χ1) is 29.4. The van der Waals surface area contributed by atoms with Crippen LogP contribution in [0.5, 0.6) is 0 Å². The first kappa shape index (κ1) is 50.7. The molecule has 0 saturated carbocycles. The van der Waals surface area contributed by atoms with Crippen molar-refractivity contribution in [1.82, 2.24) is 30.1 Å². The Bertz CT molecular complexity index is 1780. The molecule has 62 heavy (non-hydrogen) atoms. The number of benzene rings is 1. The van der Waals surface area contributed by atoms with Crippen molar-refractivity contribution in [2.24, 2.45) is 17.8 Å². The zero-order chi connectivity index (χ0) is 45.9. The maximum absolute atomic E-state index is 14.6. The summed E-state index contributed by atoms with van der Waals surface area (Å²) in [6.45, 7) is 20.6. The van der Waals surface area contributed by atoms with Gasteiger partial charge in [-0.25, -0.2) is 4.79 Å². The van der Waals surface area contributed by atoms with Crippen LogP contribution in [-0.4, -0.2) is 143 Å². The number of hydrogen-bond donors (Lipinski definition) is 3. The molecule has 2 aliphatic heterocycles. The van der Waals surface area contributed by atoms with Crippen molar-refractivity contribution in [3.8, 4) is 11.3 Å². The van der Waals surface area contributed by atoms with Gasteiger partial charge in [-0.2, -0.15) is 0 Å². The molecule has 1 aromatic carbocycles. The maximum atomic E-state index is 14.6. The molecule has 3 heterocycles. The molecule has 348 valence electrons. The van der Waals surface area contributed by atoms with E-state index in [1.807, 2.05) is 84.1 Å². The molecule has 4 N–H and O–H groups in total. The van der Waals surface area contributed by atoms with Gasteiger partial charge < -0.3 is 44.7 Å². The third kappa shape index (κ3) is 11.6. The monoisotopic (exact) mass is 870 g/mol. The second kappa shape index (κ2) is 22.6. The van der Waals surface area contributed by atoms with E-state index >= 15 is 0 Å². The molecule has 12 atom stereocenters. The van der Waals surface area contributed by atoms with E-state index in [4.69, 9.17) is 29.4 Å². The van der Waals surface area contributed by atoms with Crippen LogP contribution in [0.25, 0.3) is 11.3 Å². The molecule has 2 fully saturated rings. The summed E-state index contributed by atoms with van der Waals surface area (Å²) < 4.78 is 33.6. The number of methoxy groups -OCH3 is 1. The number of Topliss-reactive ketones (excluding diaryl/α,β-unsaturated/α-hetero) is 1. The van der Waals surface area contributed by atoms with Gasteiger partial charge in [0.2, 0.25) is 0 Å². The second-order valence-corrected chi connectivity index (χ2v) is 17.7. The van der Waals surface area contributed by atoms with Gasteiger partial charge in [-0.1, -0.05) is 51.1 Å². The van der Waals surface area contributed by atoms with Crippen molar-refractivity contribution in [2.75, 3.05) is 46.6 Å². The number of ether oxygens (including phenoxy) is 5. The van der Waals surface area contributed by atoms with Gasteiger partial charge in [-0.3, -0.25) is 19.2 Å². The lowest BCUT2D eigenvalue weighted by Gasteiger charge is -2.45. The van der Waals surface area contributed by atoms with Crippen molar-refractivity contribution in [1.29, 1.82) is 0 Å². The minimum Gasteiger partial charge on any atom is -0.458 e. The minimum absolute atomic E-state index is 0.0635. The van der Waals surface area contributed by atoms with Gasteiger partial charge >= 0.3 is 12.1 Å². The van der Waals surface area contributed by atoms with E-state index in [1.165, 1.54) is 6.92 Å². The topological polar surface area (TPSA) is 193 Å². The van der Waals surface area contributed by atoms with Crippen LogP contribution < -0.4 is 11.1 Å². The van der Waals surface area contributed by atoms with Crippen molar-refractivity contribution >= 4 is 23.5 Å². The second-order valence-electron chi connectivity index (χ2n) is 17.7. The number of nitrogen functional groups attached to an aromatic ring is 1. The predicted molar refractivity (Wildman–Crippen MR) is 238 cm³/mol. The number of rotatable bonds is 18. The van der Waals surface area contributed by atoms with E-state index in [-0.39, 0.29) is 24.6 Å². The Hall–Kier alpha value is -3.93. The number of esters is 1. The lowest BCUT2D eigenvalue weighted by Crippen LogP contribution is -2.61. The van der Waals surface area contributed by atoms with E-state index in [2.05, 4.69) is 29.1 Å². The molecule has 1 amide bonds. The number of anilines is 1. The van der Waals surface area contributed by atoms with E-state index in [9.17, 15) is 19.5 Å². The number of nitrogens with two attached hydrogens (primary N) is 1. The van der Waals surface area contributed by atoms with Crippen LogP contribution in [0.1, 0.15) is 93.9 Å². The summed E-state index contributed by atoms with van der Waals surface area (Å²) in [7, 11) is 5.36. The number of nitrogens with zero attached hydrogens (tertiary/aromatic N) is 5. The highest BCUT2D eigenvalue weighted by Gasteiger charge is 2.58. The van der Waals surface area contributed by atoms with Gasteiger partial charge in [-0.05, 0) is 105 Å². The van der Waals surface area contributed by atoms with E-state index in [1.54, 1.807) is 29.7 Å². The number of aliphatic hydroxyl groups excluding tert-OH is 1. The van der Waals surface area contributed by atoms with Gasteiger partial charge in [0.15, 0.2) is 17.7 Å². The minimum atomic E-state index is -1.25. The summed E-state index contributed by atoms with van der Waals surface area (Å²) in [4.78, 5) is 46.3. The molecular formula is C46H75N7O9. The van der Waals surface area contributed by atoms with E-state index in [0.29, 0.717) is 63.8 Å². The fourth-order valence-electron chi connectivity index (χ4n) is 9.61. The highest BCUT2D eigenvalue weighted by molar-refractivity contribution is 6.00. The summed E-state index contributed by atoms with van der Waals surface area (Å²) in [5.74, 6) is -3.35. The van der Waals surface area contributed by atoms with Crippen molar-refractivity contribution in [2.45, 2.75) is 154 Å². The molecule has 3 unspecified atom stereocenters. The van der Waals surface area contributed by atoms with E-state index < -0.39 is 71.5 Å². The zero-order valence-electron chi connectivity index (χ0n) is 39.0. The number of hydrogen-bond acceptors (Lipinski definition) is 14. The zero-order valence-corrected chi connectivity index (χ0v) is 39.0. The van der Waals surface area contributed by atoms with Crippen LogP contribution in [0.2, 0.25) is 0 Å². The number of aryl methyl sites for hydroxylation is 1. The summed E-state index contributed by atoms with van der Waals surface area (Å²) in [6, 6.07) is 6.32. The Morgan fingerprint density at radius 2 is 1.84 bits per heavy atom. The average Bonchev–Trinajstić information content (AvgIpc) is 3.82.